The van der Waals surface area contributed by atoms with E-state index in [2.05, 4.69) is 0 Å². The van der Waals surface area contributed by atoms with Crippen molar-refractivity contribution in [2.45, 2.75) is 51.2 Å². The van der Waals surface area contributed by atoms with Crippen LogP contribution in [-0.4, -0.2) is 16.0 Å². The highest BCUT2D eigenvalue weighted by atomic mass is 16.5. The third kappa shape index (κ3) is 0.989. The zero-order valence-electron chi connectivity index (χ0n) is 8.87. The average molecular weight is 196 g/mol. The number of hydrogen-bond donors (Lipinski definition) is 2. The molecule has 2 N–H and O–H groups in total. The second kappa shape index (κ2) is 2.53. The van der Waals surface area contributed by atoms with Crippen LogP contribution in [0, 0.1) is 23.2 Å². The Kier molecular flexibility index (Phi) is 1.66. The first kappa shape index (κ1) is 9.17. The summed E-state index contributed by atoms with van der Waals surface area (Å²) in [6.45, 7) is 1.87. The first-order chi connectivity index (χ1) is 6.58. The van der Waals surface area contributed by atoms with Crippen molar-refractivity contribution in [2.24, 2.45) is 23.2 Å². The Morgan fingerprint density at radius 1 is 1.29 bits per heavy atom. The van der Waals surface area contributed by atoms with Gasteiger partial charge in [0.05, 0.1) is 0 Å². The van der Waals surface area contributed by atoms with Crippen LogP contribution in [0.5, 0.6) is 0 Å². The molecule has 0 saturated heterocycles. The van der Waals surface area contributed by atoms with Crippen LogP contribution in [0.25, 0.3) is 0 Å². The molecule has 3 aliphatic rings. The average Bonchev–Trinajstić information content (AvgIpc) is 2.70. The fourth-order valence-corrected chi connectivity index (χ4v) is 4.09. The van der Waals surface area contributed by atoms with Crippen LogP contribution in [-0.2, 0) is 0 Å². The standard InChI is InChI=1S/C12H20O2/c1-2-12(13,14)8-3-4-11-7-10(11)6-9(11)5-8/h8-10,13-14H,2-7H2,1H3. The third-order valence-corrected chi connectivity index (χ3v) is 5.36. The van der Waals surface area contributed by atoms with Crippen molar-refractivity contribution < 1.29 is 10.2 Å². The molecular weight excluding hydrogens is 176 g/mol. The fourth-order valence-electron chi connectivity index (χ4n) is 4.09. The summed E-state index contributed by atoms with van der Waals surface area (Å²) in [4.78, 5) is 0. The molecule has 2 heteroatoms. The van der Waals surface area contributed by atoms with E-state index >= 15 is 0 Å². The summed E-state index contributed by atoms with van der Waals surface area (Å²) in [5.74, 6) is 0.615. The molecule has 3 fully saturated rings. The molecule has 0 radical (unpaired) electrons. The number of aliphatic hydroxyl groups is 2. The lowest BCUT2D eigenvalue weighted by atomic mass is 9.60. The topological polar surface area (TPSA) is 40.5 Å². The Bertz CT molecular complexity index is 261. The molecule has 2 nitrogen and oxygen atoms in total. The van der Waals surface area contributed by atoms with E-state index in [0.717, 1.165) is 24.7 Å². The van der Waals surface area contributed by atoms with Crippen molar-refractivity contribution in [1.29, 1.82) is 0 Å². The minimum Gasteiger partial charge on any atom is -0.365 e. The van der Waals surface area contributed by atoms with Gasteiger partial charge >= 0.3 is 0 Å². The zero-order valence-corrected chi connectivity index (χ0v) is 8.87. The number of hydrogen-bond acceptors (Lipinski definition) is 2. The molecule has 3 aliphatic carbocycles. The summed E-state index contributed by atoms with van der Waals surface area (Å²) in [5, 5.41) is 19.7. The lowest BCUT2D eigenvalue weighted by Crippen LogP contribution is -2.45. The van der Waals surface area contributed by atoms with Crippen LogP contribution in [0.3, 0.4) is 0 Å². The molecule has 3 saturated carbocycles. The minimum atomic E-state index is -1.39. The molecule has 4 atom stereocenters. The normalized spacial score (nSPS) is 50.4. The van der Waals surface area contributed by atoms with E-state index < -0.39 is 5.79 Å². The van der Waals surface area contributed by atoms with E-state index in [9.17, 15) is 10.2 Å². The lowest BCUT2D eigenvalue weighted by Gasteiger charge is -2.47. The van der Waals surface area contributed by atoms with Gasteiger partial charge in [-0.25, -0.2) is 0 Å². The van der Waals surface area contributed by atoms with Gasteiger partial charge in [0.2, 0.25) is 0 Å². The van der Waals surface area contributed by atoms with E-state index in [-0.39, 0.29) is 5.92 Å². The maximum Gasteiger partial charge on any atom is 0.165 e. The molecule has 0 aromatic rings. The predicted molar refractivity (Wildman–Crippen MR) is 53.4 cm³/mol. The molecule has 0 aromatic carbocycles. The summed E-state index contributed by atoms with van der Waals surface area (Å²) < 4.78 is 0. The molecule has 4 unspecified atom stereocenters. The molecule has 3 rings (SSSR count). The monoisotopic (exact) mass is 196 g/mol. The van der Waals surface area contributed by atoms with Crippen molar-refractivity contribution in [2.75, 3.05) is 0 Å². The highest BCUT2D eigenvalue weighted by molar-refractivity contribution is 5.17. The largest absolute Gasteiger partial charge is 0.365 e. The third-order valence-electron chi connectivity index (χ3n) is 5.36. The van der Waals surface area contributed by atoms with Gasteiger partial charge in [0, 0.05) is 5.92 Å². The molecular formula is C12H20O2. The van der Waals surface area contributed by atoms with Crippen LogP contribution in [0.4, 0.5) is 0 Å². The number of rotatable bonds is 2. The summed E-state index contributed by atoms with van der Waals surface area (Å²) in [5.41, 5.74) is 0.709. The summed E-state index contributed by atoms with van der Waals surface area (Å²) in [6, 6.07) is 0. The Morgan fingerprint density at radius 2 is 2.07 bits per heavy atom. The Morgan fingerprint density at radius 3 is 2.57 bits per heavy atom. The fraction of sp³-hybridized carbons (Fsp3) is 1.00. The van der Waals surface area contributed by atoms with Gasteiger partial charge in [0.1, 0.15) is 0 Å². The Labute approximate surface area is 85.3 Å². The zero-order chi connectivity index (χ0) is 9.97. The maximum absolute atomic E-state index is 9.83. The first-order valence-corrected chi connectivity index (χ1v) is 6.03. The summed E-state index contributed by atoms with van der Waals surface area (Å²) in [6.07, 6.45) is 6.65. The molecule has 80 valence electrons. The van der Waals surface area contributed by atoms with Gasteiger partial charge in [-0.1, -0.05) is 6.92 Å². The second-order valence-corrected chi connectivity index (χ2v) is 5.77. The summed E-state index contributed by atoms with van der Waals surface area (Å²) >= 11 is 0. The van der Waals surface area contributed by atoms with Crippen molar-refractivity contribution >= 4 is 0 Å². The van der Waals surface area contributed by atoms with Crippen molar-refractivity contribution in [3.05, 3.63) is 0 Å². The van der Waals surface area contributed by atoms with Crippen LogP contribution >= 0.6 is 0 Å². The van der Waals surface area contributed by atoms with Crippen LogP contribution in [0.2, 0.25) is 0 Å². The summed E-state index contributed by atoms with van der Waals surface area (Å²) in [7, 11) is 0. The molecule has 0 heterocycles. The van der Waals surface area contributed by atoms with E-state index in [0.29, 0.717) is 11.8 Å². The van der Waals surface area contributed by atoms with Crippen molar-refractivity contribution in [1.82, 2.24) is 0 Å². The molecule has 0 aromatic heterocycles. The smallest absolute Gasteiger partial charge is 0.165 e. The highest BCUT2D eigenvalue weighted by Crippen LogP contribution is 2.76. The lowest BCUT2D eigenvalue weighted by molar-refractivity contribution is -0.218. The molecule has 0 bridgehead atoms. The van der Waals surface area contributed by atoms with Gasteiger partial charge in [-0.3, -0.25) is 0 Å². The van der Waals surface area contributed by atoms with E-state index in [1.54, 1.807) is 0 Å². The van der Waals surface area contributed by atoms with Crippen molar-refractivity contribution in [3.63, 3.8) is 0 Å². The van der Waals surface area contributed by atoms with Gasteiger partial charge in [-0.05, 0) is 55.8 Å². The molecule has 1 spiro atoms. The van der Waals surface area contributed by atoms with Gasteiger partial charge in [-0.15, -0.1) is 0 Å². The van der Waals surface area contributed by atoms with E-state index in [4.69, 9.17) is 0 Å². The molecule has 0 aliphatic heterocycles. The van der Waals surface area contributed by atoms with Crippen LogP contribution < -0.4 is 0 Å². The van der Waals surface area contributed by atoms with Crippen molar-refractivity contribution in [3.8, 4) is 0 Å². The van der Waals surface area contributed by atoms with E-state index in [1.165, 1.54) is 19.3 Å². The Hall–Kier alpha value is -0.0800. The molecule has 0 amide bonds. The van der Waals surface area contributed by atoms with Gasteiger partial charge in [0.15, 0.2) is 5.79 Å². The van der Waals surface area contributed by atoms with Crippen LogP contribution in [0.1, 0.15) is 45.4 Å². The van der Waals surface area contributed by atoms with Gasteiger partial charge < -0.3 is 10.2 Å². The SMILES string of the molecule is CCC(O)(O)C1CCC23CC2CC3C1. The minimum absolute atomic E-state index is 0.143. The second-order valence-electron chi connectivity index (χ2n) is 5.77. The highest BCUT2D eigenvalue weighted by Gasteiger charge is 2.68. The van der Waals surface area contributed by atoms with Gasteiger partial charge in [0.25, 0.3) is 0 Å². The first-order valence-electron chi connectivity index (χ1n) is 6.03. The predicted octanol–water partition coefficient (Wildman–Crippen LogP) is 1.90. The Balaban J connectivity index is 1.69. The molecule has 14 heavy (non-hydrogen) atoms. The maximum atomic E-state index is 9.83. The van der Waals surface area contributed by atoms with E-state index in [1.807, 2.05) is 6.92 Å². The van der Waals surface area contributed by atoms with Gasteiger partial charge in [-0.2, -0.15) is 0 Å². The quantitative estimate of drug-likeness (QED) is 0.662. The van der Waals surface area contributed by atoms with Crippen LogP contribution in [0.15, 0.2) is 0 Å².